The van der Waals surface area contributed by atoms with E-state index in [0.29, 0.717) is 5.92 Å². The Kier molecular flexibility index (Phi) is 4.79. The average molecular weight is 303 g/mol. The Labute approximate surface area is 131 Å². The first-order valence-corrected chi connectivity index (χ1v) is 8.25. The van der Waals surface area contributed by atoms with Crippen LogP contribution in [-0.2, 0) is 6.54 Å². The van der Waals surface area contributed by atoms with Crippen molar-refractivity contribution in [3.63, 3.8) is 0 Å². The minimum Gasteiger partial charge on any atom is -0.307 e. The van der Waals surface area contributed by atoms with Gasteiger partial charge in [0.25, 0.3) is 0 Å². The average Bonchev–Trinajstić information content (AvgIpc) is 2.80. The zero-order chi connectivity index (χ0) is 15.6. The van der Waals surface area contributed by atoms with Gasteiger partial charge >= 0.3 is 0 Å². The largest absolute Gasteiger partial charge is 0.307 e. The van der Waals surface area contributed by atoms with E-state index in [-0.39, 0.29) is 5.54 Å². The van der Waals surface area contributed by atoms with Crippen molar-refractivity contribution in [3.8, 4) is 10.6 Å². The molecule has 3 nitrogen and oxygen atoms in total. The normalized spacial score (nSPS) is 12.1. The first-order valence-electron chi connectivity index (χ1n) is 7.43. The van der Waals surface area contributed by atoms with Gasteiger partial charge < -0.3 is 5.32 Å². The van der Waals surface area contributed by atoms with Gasteiger partial charge in [0.2, 0.25) is 0 Å². The van der Waals surface area contributed by atoms with Gasteiger partial charge in [-0.2, -0.15) is 0 Å². The molecule has 0 unspecified atom stereocenters. The third-order valence-electron chi connectivity index (χ3n) is 3.32. The first kappa shape index (κ1) is 16.1. The van der Waals surface area contributed by atoms with E-state index in [0.717, 1.165) is 17.1 Å². The van der Waals surface area contributed by atoms with Crippen LogP contribution in [0.1, 0.15) is 56.7 Å². The van der Waals surface area contributed by atoms with Crippen LogP contribution in [0.4, 0.5) is 0 Å². The van der Waals surface area contributed by atoms with Gasteiger partial charge in [0.1, 0.15) is 5.01 Å². The molecule has 0 aliphatic rings. The number of aromatic nitrogens is 2. The molecule has 0 bridgehead atoms. The second kappa shape index (κ2) is 6.24. The summed E-state index contributed by atoms with van der Waals surface area (Å²) in [6, 6.07) is 2.04. The molecule has 4 heteroatoms. The smallest absolute Gasteiger partial charge is 0.125 e. The molecule has 0 fully saturated rings. The van der Waals surface area contributed by atoms with Crippen molar-refractivity contribution in [3.05, 3.63) is 34.6 Å². The molecule has 0 atom stereocenters. The van der Waals surface area contributed by atoms with Crippen LogP contribution in [0.15, 0.2) is 18.5 Å². The molecular weight excluding hydrogens is 278 g/mol. The molecule has 21 heavy (non-hydrogen) atoms. The Morgan fingerprint density at radius 2 is 2.00 bits per heavy atom. The third-order valence-corrected chi connectivity index (χ3v) is 4.43. The van der Waals surface area contributed by atoms with Crippen molar-refractivity contribution in [2.24, 2.45) is 0 Å². The van der Waals surface area contributed by atoms with Crippen molar-refractivity contribution in [1.82, 2.24) is 15.3 Å². The number of hydrogen-bond donors (Lipinski definition) is 1. The lowest BCUT2D eigenvalue weighted by Crippen LogP contribution is -2.35. The van der Waals surface area contributed by atoms with E-state index >= 15 is 0 Å². The van der Waals surface area contributed by atoms with Crippen molar-refractivity contribution in [2.75, 3.05) is 0 Å². The highest BCUT2D eigenvalue weighted by molar-refractivity contribution is 7.15. The van der Waals surface area contributed by atoms with Crippen LogP contribution in [0.2, 0.25) is 0 Å². The molecule has 2 rings (SSSR count). The summed E-state index contributed by atoms with van der Waals surface area (Å²) in [5.41, 5.74) is 3.69. The minimum atomic E-state index is 0.114. The van der Waals surface area contributed by atoms with Crippen molar-refractivity contribution >= 4 is 11.3 Å². The van der Waals surface area contributed by atoms with E-state index in [1.165, 1.54) is 16.1 Å². The molecule has 0 spiro atoms. The minimum absolute atomic E-state index is 0.114. The van der Waals surface area contributed by atoms with Crippen LogP contribution in [0.25, 0.3) is 10.6 Å². The molecule has 2 heterocycles. The maximum Gasteiger partial charge on any atom is 0.125 e. The zero-order valence-corrected chi connectivity index (χ0v) is 14.6. The van der Waals surface area contributed by atoms with Crippen LogP contribution in [0, 0.1) is 6.92 Å². The van der Waals surface area contributed by atoms with Gasteiger partial charge in [-0.15, -0.1) is 11.3 Å². The van der Waals surface area contributed by atoms with Crippen LogP contribution in [-0.4, -0.2) is 15.5 Å². The van der Waals surface area contributed by atoms with Crippen LogP contribution >= 0.6 is 11.3 Å². The number of hydrogen-bond acceptors (Lipinski definition) is 4. The third kappa shape index (κ3) is 4.11. The second-order valence-corrected chi connectivity index (χ2v) is 7.86. The number of aryl methyl sites for hydroxylation is 1. The molecule has 0 radical (unpaired) electrons. The maximum atomic E-state index is 4.88. The maximum absolute atomic E-state index is 4.88. The van der Waals surface area contributed by atoms with E-state index in [1.54, 1.807) is 11.3 Å². The van der Waals surface area contributed by atoms with E-state index in [4.69, 9.17) is 4.98 Å². The first-order chi connectivity index (χ1) is 9.78. The Morgan fingerprint density at radius 3 is 2.57 bits per heavy atom. The molecular formula is C17H25N3S. The van der Waals surface area contributed by atoms with Gasteiger partial charge in [-0.05, 0) is 45.2 Å². The molecule has 0 amide bonds. The topological polar surface area (TPSA) is 37.8 Å². The summed E-state index contributed by atoms with van der Waals surface area (Å²) < 4.78 is 0. The van der Waals surface area contributed by atoms with Crippen LogP contribution < -0.4 is 5.32 Å². The van der Waals surface area contributed by atoms with E-state index in [1.807, 2.05) is 18.5 Å². The van der Waals surface area contributed by atoms with Gasteiger partial charge in [-0.3, -0.25) is 4.98 Å². The number of pyridine rings is 1. The van der Waals surface area contributed by atoms with Crippen molar-refractivity contribution in [1.29, 1.82) is 0 Å². The van der Waals surface area contributed by atoms with E-state index < -0.39 is 0 Å². The number of thiazole rings is 1. The standard InChI is InChI=1S/C17H25N3S/c1-11(2)15-14(10-19-17(4,5)6)21-16(20-15)13-9-18-8-7-12(13)3/h7-9,11,19H,10H2,1-6H3. The van der Waals surface area contributed by atoms with Gasteiger partial charge in [0, 0.05) is 34.9 Å². The Hall–Kier alpha value is -1.26. The molecule has 0 saturated heterocycles. The predicted octanol–water partition coefficient (Wildman–Crippen LogP) is 4.53. The molecule has 114 valence electrons. The Balaban J connectivity index is 2.36. The van der Waals surface area contributed by atoms with Gasteiger partial charge in [0.05, 0.1) is 5.69 Å². The molecule has 0 saturated carbocycles. The Morgan fingerprint density at radius 1 is 1.29 bits per heavy atom. The summed E-state index contributed by atoms with van der Waals surface area (Å²) in [4.78, 5) is 10.5. The fraction of sp³-hybridized carbons (Fsp3) is 0.529. The molecule has 2 aromatic heterocycles. The van der Waals surface area contributed by atoms with Crippen LogP contribution in [0.3, 0.4) is 0 Å². The SMILES string of the molecule is Cc1ccncc1-c1nc(C(C)C)c(CNC(C)(C)C)s1. The summed E-state index contributed by atoms with van der Waals surface area (Å²) in [6.07, 6.45) is 3.75. The van der Waals surface area contributed by atoms with E-state index in [2.05, 4.69) is 51.8 Å². The highest BCUT2D eigenvalue weighted by Crippen LogP contribution is 2.33. The number of rotatable bonds is 4. The van der Waals surface area contributed by atoms with Crippen molar-refractivity contribution in [2.45, 2.75) is 59.5 Å². The molecule has 0 aliphatic carbocycles. The van der Waals surface area contributed by atoms with E-state index in [9.17, 15) is 0 Å². The summed E-state index contributed by atoms with van der Waals surface area (Å²) in [6.45, 7) is 14.0. The summed E-state index contributed by atoms with van der Waals surface area (Å²) in [5, 5.41) is 4.65. The lowest BCUT2D eigenvalue weighted by Gasteiger charge is -2.20. The van der Waals surface area contributed by atoms with Gasteiger partial charge in [-0.1, -0.05) is 13.8 Å². The molecule has 0 aliphatic heterocycles. The highest BCUT2D eigenvalue weighted by atomic mass is 32.1. The highest BCUT2D eigenvalue weighted by Gasteiger charge is 2.18. The zero-order valence-electron chi connectivity index (χ0n) is 13.8. The van der Waals surface area contributed by atoms with Crippen LogP contribution in [0.5, 0.6) is 0 Å². The Bertz CT molecular complexity index is 609. The summed E-state index contributed by atoms with van der Waals surface area (Å²) >= 11 is 1.78. The molecule has 1 N–H and O–H groups in total. The summed E-state index contributed by atoms with van der Waals surface area (Å²) in [5.74, 6) is 0.434. The lowest BCUT2D eigenvalue weighted by molar-refractivity contribution is 0.425. The summed E-state index contributed by atoms with van der Waals surface area (Å²) in [7, 11) is 0. The molecule has 2 aromatic rings. The lowest BCUT2D eigenvalue weighted by atomic mass is 10.1. The van der Waals surface area contributed by atoms with Gasteiger partial charge in [0.15, 0.2) is 0 Å². The van der Waals surface area contributed by atoms with Crippen molar-refractivity contribution < 1.29 is 0 Å². The monoisotopic (exact) mass is 303 g/mol. The molecule has 0 aromatic carbocycles. The number of nitrogens with one attached hydrogen (secondary N) is 1. The number of nitrogens with zero attached hydrogens (tertiary/aromatic N) is 2. The second-order valence-electron chi connectivity index (χ2n) is 6.78. The quantitative estimate of drug-likeness (QED) is 0.902. The fourth-order valence-corrected chi connectivity index (χ4v) is 3.32. The predicted molar refractivity (Wildman–Crippen MR) is 90.8 cm³/mol. The fourth-order valence-electron chi connectivity index (χ4n) is 2.09. The van der Waals surface area contributed by atoms with Gasteiger partial charge in [-0.25, -0.2) is 4.98 Å².